The largest absolute Gasteiger partial charge is 0.504 e. The number of hydrogen-bond donors (Lipinski definition) is 5. The average Bonchev–Trinajstić information content (AvgIpc) is 2.52. The van der Waals surface area contributed by atoms with Crippen molar-refractivity contribution in [1.82, 2.24) is 0 Å². The molecule has 1 aromatic carbocycles. The van der Waals surface area contributed by atoms with Gasteiger partial charge in [-0.3, -0.25) is 0 Å². The van der Waals surface area contributed by atoms with Gasteiger partial charge in [-0.1, -0.05) is 0 Å². The molecule has 0 radical (unpaired) electrons. The van der Waals surface area contributed by atoms with E-state index in [4.69, 9.17) is 14.2 Å². The number of hydrogen-bond acceptors (Lipinski definition) is 9. The third-order valence-corrected chi connectivity index (χ3v) is 4.09. The maximum absolute atomic E-state index is 12.1. The fourth-order valence-electron chi connectivity index (χ4n) is 2.95. The predicted octanol–water partition coefficient (Wildman–Crippen LogP) is -1.20. The third-order valence-electron chi connectivity index (χ3n) is 4.09. The molecule has 0 aliphatic carbocycles. The SMILES string of the molecule is COc1c(O)cc2c(c1O)[C@@H]1O[C@@H](CO)[C@@H](O)[C@H](O)[C@H]1OC2=O. The Balaban J connectivity index is 2.16. The van der Waals surface area contributed by atoms with Crippen molar-refractivity contribution in [2.75, 3.05) is 13.7 Å². The van der Waals surface area contributed by atoms with Gasteiger partial charge in [0.15, 0.2) is 17.6 Å². The molecule has 0 aromatic heterocycles. The summed E-state index contributed by atoms with van der Waals surface area (Å²) in [5, 5.41) is 49.3. The second-order valence-corrected chi connectivity index (χ2v) is 5.37. The molecule has 0 saturated carbocycles. The molecule has 3 rings (SSSR count). The molecule has 0 bridgehead atoms. The molecule has 1 fully saturated rings. The van der Waals surface area contributed by atoms with Gasteiger partial charge in [0.05, 0.1) is 19.3 Å². The monoisotopic (exact) mass is 328 g/mol. The second kappa shape index (κ2) is 5.53. The van der Waals surface area contributed by atoms with E-state index in [-0.39, 0.29) is 16.9 Å². The summed E-state index contributed by atoms with van der Waals surface area (Å²) in [5.74, 6) is -2.16. The molecule has 9 nitrogen and oxygen atoms in total. The Bertz CT molecular complexity index is 644. The van der Waals surface area contributed by atoms with Crippen molar-refractivity contribution in [3.8, 4) is 17.2 Å². The van der Waals surface area contributed by atoms with Crippen molar-refractivity contribution in [3.05, 3.63) is 17.2 Å². The van der Waals surface area contributed by atoms with E-state index in [1.165, 1.54) is 7.11 Å². The summed E-state index contributed by atoms with van der Waals surface area (Å²) in [5.41, 5.74) is -0.187. The number of phenolic OH excluding ortho intramolecular Hbond substituents is 2. The molecule has 5 N–H and O–H groups in total. The van der Waals surface area contributed by atoms with Crippen molar-refractivity contribution < 1.29 is 44.5 Å². The first kappa shape index (κ1) is 15.8. The molecular weight excluding hydrogens is 312 g/mol. The number of benzene rings is 1. The van der Waals surface area contributed by atoms with Crippen molar-refractivity contribution in [1.29, 1.82) is 0 Å². The first-order valence-corrected chi connectivity index (χ1v) is 6.87. The summed E-state index contributed by atoms with van der Waals surface area (Å²) in [6.07, 6.45) is -6.50. The summed E-state index contributed by atoms with van der Waals surface area (Å²) < 4.78 is 15.4. The van der Waals surface area contributed by atoms with E-state index in [2.05, 4.69) is 0 Å². The molecule has 2 aliphatic rings. The lowest BCUT2D eigenvalue weighted by atomic mass is 9.86. The summed E-state index contributed by atoms with van der Waals surface area (Å²) >= 11 is 0. The number of esters is 1. The van der Waals surface area contributed by atoms with Crippen LogP contribution >= 0.6 is 0 Å². The van der Waals surface area contributed by atoms with E-state index in [0.717, 1.165) is 6.07 Å². The van der Waals surface area contributed by atoms with Crippen molar-refractivity contribution in [2.45, 2.75) is 30.5 Å². The fraction of sp³-hybridized carbons (Fsp3) is 0.500. The molecule has 2 aliphatic heterocycles. The lowest BCUT2D eigenvalue weighted by Gasteiger charge is -2.44. The van der Waals surface area contributed by atoms with Crippen LogP contribution in [0, 0.1) is 0 Å². The molecule has 126 valence electrons. The summed E-state index contributed by atoms with van der Waals surface area (Å²) in [6.45, 7) is -0.583. The Kier molecular flexibility index (Phi) is 3.80. The van der Waals surface area contributed by atoms with Gasteiger partial charge in [-0.2, -0.15) is 0 Å². The van der Waals surface area contributed by atoms with Crippen LogP contribution in [0.4, 0.5) is 0 Å². The van der Waals surface area contributed by atoms with E-state index < -0.39 is 54.6 Å². The third kappa shape index (κ3) is 2.20. The average molecular weight is 328 g/mol. The van der Waals surface area contributed by atoms with Gasteiger partial charge >= 0.3 is 5.97 Å². The smallest absolute Gasteiger partial charge is 0.339 e. The lowest BCUT2D eigenvalue weighted by Crippen LogP contribution is -2.58. The van der Waals surface area contributed by atoms with Gasteiger partial charge in [-0.05, 0) is 6.07 Å². The number of aliphatic hydroxyl groups is 3. The van der Waals surface area contributed by atoms with Crippen LogP contribution in [-0.2, 0) is 9.47 Å². The minimum Gasteiger partial charge on any atom is -0.504 e. The molecular formula is C14H16O9. The molecule has 1 saturated heterocycles. The van der Waals surface area contributed by atoms with Crippen molar-refractivity contribution in [3.63, 3.8) is 0 Å². The highest BCUT2D eigenvalue weighted by molar-refractivity contribution is 5.95. The molecule has 2 heterocycles. The molecule has 9 heteroatoms. The first-order valence-electron chi connectivity index (χ1n) is 6.87. The highest BCUT2D eigenvalue weighted by Crippen LogP contribution is 2.49. The number of aliphatic hydroxyl groups excluding tert-OH is 3. The number of rotatable bonds is 2. The van der Waals surface area contributed by atoms with Crippen LogP contribution in [0.15, 0.2) is 6.07 Å². The topological polar surface area (TPSA) is 146 Å². The molecule has 0 unspecified atom stereocenters. The van der Waals surface area contributed by atoms with Crippen LogP contribution in [0.5, 0.6) is 17.2 Å². The van der Waals surface area contributed by atoms with Gasteiger partial charge in [0.2, 0.25) is 5.75 Å². The Labute approximate surface area is 130 Å². The number of phenols is 2. The van der Waals surface area contributed by atoms with E-state index in [9.17, 15) is 30.3 Å². The van der Waals surface area contributed by atoms with Crippen LogP contribution in [0.2, 0.25) is 0 Å². The minimum atomic E-state index is -1.51. The van der Waals surface area contributed by atoms with E-state index in [1.54, 1.807) is 0 Å². The zero-order valence-electron chi connectivity index (χ0n) is 12.0. The van der Waals surface area contributed by atoms with Crippen LogP contribution in [0.1, 0.15) is 22.0 Å². The van der Waals surface area contributed by atoms with Gasteiger partial charge in [0.25, 0.3) is 0 Å². The molecule has 0 spiro atoms. The van der Waals surface area contributed by atoms with Crippen molar-refractivity contribution >= 4 is 5.97 Å². The Morgan fingerprint density at radius 3 is 2.57 bits per heavy atom. The Morgan fingerprint density at radius 2 is 1.96 bits per heavy atom. The second-order valence-electron chi connectivity index (χ2n) is 5.37. The maximum atomic E-state index is 12.1. The molecule has 23 heavy (non-hydrogen) atoms. The number of fused-ring (bicyclic) bond motifs is 3. The number of carbonyl (C=O) groups excluding carboxylic acids is 1. The highest BCUT2D eigenvalue weighted by Gasteiger charge is 2.52. The number of ether oxygens (including phenoxy) is 3. The van der Waals surface area contributed by atoms with Gasteiger partial charge in [-0.25, -0.2) is 4.79 Å². The number of aromatic hydroxyl groups is 2. The highest BCUT2D eigenvalue weighted by atomic mass is 16.6. The standard InChI is InChI=1S/C14H16O9/c1-21-11-5(16)2-4-7(9(11)18)12-13(23-14(4)20)10(19)8(17)6(3-15)22-12/h2,6,8,10,12-13,15-19H,3H2,1H3/t6-,8+,10-,12-,13+/m0/s1. The summed E-state index contributed by atoms with van der Waals surface area (Å²) in [4.78, 5) is 12.1. The van der Waals surface area contributed by atoms with Gasteiger partial charge in [-0.15, -0.1) is 0 Å². The van der Waals surface area contributed by atoms with Crippen LogP contribution in [0.25, 0.3) is 0 Å². The van der Waals surface area contributed by atoms with Gasteiger partial charge in [0, 0.05) is 5.56 Å². The number of carbonyl (C=O) groups is 1. The zero-order chi connectivity index (χ0) is 16.9. The van der Waals surface area contributed by atoms with Crippen LogP contribution in [-0.4, -0.2) is 69.6 Å². The summed E-state index contributed by atoms with van der Waals surface area (Å²) in [6, 6.07) is 1.06. The first-order chi connectivity index (χ1) is 10.9. The summed E-state index contributed by atoms with van der Waals surface area (Å²) in [7, 11) is 1.22. The van der Waals surface area contributed by atoms with Gasteiger partial charge < -0.3 is 39.7 Å². The van der Waals surface area contributed by atoms with Crippen LogP contribution in [0.3, 0.4) is 0 Å². The quantitative estimate of drug-likeness (QED) is 0.422. The van der Waals surface area contributed by atoms with Gasteiger partial charge in [0.1, 0.15) is 24.4 Å². The molecule has 5 atom stereocenters. The fourth-order valence-corrected chi connectivity index (χ4v) is 2.95. The van der Waals surface area contributed by atoms with E-state index >= 15 is 0 Å². The van der Waals surface area contributed by atoms with E-state index in [1.807, 2.05) is 0 Å². The zero-order valence-corrected chi connectivity index (χ0v) is 12.0. The van der Waals surface area contributed by atoms with E-state index in [0.29, 0.717) is 0 Å². The molecule has 1 aromatic rings. The maximum Gasteiger partial charge on any atom is 0.339 e. The van der Waals surface area contributed by atoms with Crippen molar-refractivity contribution in [2.24, 2.45) is 0 Å². The Hall–Kier alpha value is -2.07. The molecule has 0 amide bonds. The predicted molar refractivity (Wildman–Crippen MR) is 72.2 cm³/mol. The Morgan fingerprint density at radius 1 is 1.26 bits per heavy atom. The normalized spacial score (nSPS) is 32.7. The number of methoxy groups -OCH3 is 1. The minimum absolute atomic E-state index is 0.0368. The lowest BCUT2D eigenvalue weighted by molar-refractivity contribution is -0.235. The van der Waals surface area contributed by atoms with Crippen LogP contribution < -0.4 is 4.74 Å².